The van der Waals surface area contributed by atoms with Crippen molar-refractivity contribution in [1.29, 1.82) is 0 Å². The number of ketones is 1. The summed E-state index contributed by atoms with van der Waals surface area (Å²) in [6, 6.07) is 13.6. The number of hydrogen-bond donors (Lipinski definition) is 1. The minimum atomic E-state index is -0.930. The number of nitrogens with zero attached hydrogens (tertiary/aromatic N) is 1. The van der Waals surface area contributed by atoms with Crippen LogP contribution in [0, 0.1) is 13.8 Å². The molecule has 0 spiro atoms. The summed E-state index contributed by atoms with van der Waals surface area (Å²) in [7, 11) is 0. The van der Waals surface area contributed by atoms with E-state index >= 15 is 0 Å². The van der Waals surface area contributed by atoms with E-state index in [0.29, 0.717) is 30.0 Å². The first-order chi connectivity index (χ1) is 16.8. The average molecular weight is 479 g/mol. The Morgan fingerprint density at radius 2 is 1.71 bits per heavy atom. The quantitative estimate of drug-likeness (QED) is 0.306. The molecule has 0 saturated heterocycles. The summed E-state index contributed by atoms with van der Waals surface area (Å²) < 4.78 is 16.2. The van der Waals surface area contributed by atoms with Crippen LogP contribution >= 0.6 is 0 Å². The summed E-state index contributed by atoms with van der Waals surface area (Å²) in [6.07, 6.45) is 0.295. The fourth-order valence-electron chi connectivity index (χ4n) is 3.43. The lowest BCUT2D eigenvalue weighted by Crippen LogP contribution is -2.25. The Balaban J connectivity index is 1.48. The average Bonchev–Trinajstić information content (AvgIpc) is 3.15. The molecule has 0 saturated carbocycles. The molecule has 3 rings (SSSR count). The first kappa shape index (κ1) is 25.7. The molecule has 1 aromatic heterocycles. The molecule has 35 heavy (non-hydrogen) atoms. The summed E-state index contributed by atoms with van der Waals surface area (Å²) in [4.78, 5) is 36.7. The number of nitrogens with one attached hydrogen (secondary N) is 1. The fourth-order valence-corrected chi connectivity index (χ4v) is 3.43. The minimum absolute atomic E-state index is 0.0319. The zero-order valence-corrected chi connectivity index (χ0v) is 20.4. The third-order valence-electron chi connectivity index (χ3n) is 5.44. The van der Waals surface area contributed by atoms with Gasteiger partial charge >= 0.3 is 5.97 Å². The van der Waals surface area contributed by atoms with Gasteiger partial charge in [0.2, 0.25) is 11.7 Å². The molecular weight excluding hydrogens is 448 g/mol. The van der Waals surface area contributed by atoms with Crippen LogP contribution in [0.4, 0.5) is 5.69 Å². The van der Waals surface area contributed by atoms with Crippen LogP contribution < -0.4 is 10.1 Å². The number of ether oxygens (including phenoxy) is 2. The van der Waals surface area contributed by atoms with Crippen LogP contribution in [-0.4, -0.2) is 28.9 Å². The Labute approximate surface area is 204 Å². The van der Waals surface area contributed by atoms with Crippen molar-refractivity contribution in [1.82, 2.24) is 5.16 Å². The van der Waals surface area contributed by atoms with Crippen molar-refractivity contribution in [2.24, 2.45) is 0 Å². The molecule has 0 radical (unpaired) electrons. The van der Waals surface area contributed by atoms with E-state index in [0.717, 1.165) is 29.0 Å². The maximum Gasteiger partial charge on any atom is 0.310 e. The Bertz CT molecular complexity index is 1150. The van der Waals surface area contributed by atoms with E-state index in [4.69, 9.17) is 14.0 Å². The zero-order chi connectivity index (χ0) is 25.4. The Hall–Kier alpha value is -3.94. The van der Waals surface area contributed by atoms with Crippen molar-refractivity contribution >= 4 is 23.3 Å². The third kappa shape index (κ3) is 7.27. The van der Waals surface area contributed by atoms with E-state index < -0.39 is 12.1 Å². The number of rotatable bonds is 11. The van der Waals surface area contributed by atoms with Crippen LogP contribution in [0.15, 0.2) is 53.1 Å². The van der Waals surface area contributed by atoms with Crippen LogP contribution in [0.1, 0.15) is 59.6 Å². The van der Waals surface area contributed by atoms with Gasteiger partial charge in [0.15, 0.2) is 6.10 Å². The molecule has 184 valence electrons. The standard InChI is InChI=1S/C27H30N2O6/c1-5-6-25(30)28-22-11-9-21(10-12-22)27(32)19(4)34-26(31)15-20-7-13-23(14-8-20)33-16-24-17(2)29-35-18(24)3/h7-14,19H,5-6,15-16H2,1-4H3,(H,28,30). The second kappa shape index (κ2) is 12.0. The second-order valence-corrected chi connectivity index (χ2v) is 8.28. The SMILES string of the molecule is CCCC(=O)Nc1ccc(C(=O)C(C)OC(=O)Cc2ccc(OCc3c(C)noc3C)cc2)cc1. The molecule has 0 aliphatic carbocycles. The van der Waals surface area contributed by atoms with Gasteiger partial charge in [0.05, 0.1) is 17.7 Å². The van der Waals surface area contributed by atoms with Crippen LogP contribution in [0.2, 0.25) is 0 Å². The van der Waals surface area contributed by atoms with Gasteiger partial charge in [-0.2, -0.15) is 0 Å². The molecule has 1 N–H and O–H groups in total. The zero-order valence-electron chi connectivity index (χ0n) is 20.4. The summed E-state index contributed by atoms with van der Waals surface area (Å²) in [6.45, 7) is 7.51. The monoisotopic (exact) mass is 478 g/mol. The largest absolute Gasteiger partial charge is 0.489 e. The number of hydrogen-bond acceptors (Lipinski definition) is 7. The molecule has 1 unspecified atom stereocenters. The predicted octanol–water partition coefficient (Wildman–Crippen LogP) is 4.97. The van der Waals surface area contributed by atoms with Crippen molar-refractivity contribution in [3.05, 3.63) is 76.7 Å². The summed E-state index contributed by atoms with van der Waals surface area (Å²) in [5, 5.41) is 6.68. The van der Waals surface area contributed by atoms with Gasteiger partial charge in [0, 0.05) is 17.7 Å². The highest BCUT2D eigenvalue weighted by Crippen LogP contribution is 2.19. The number of esters is 1. The van der Waals surface area contributed by atoms with E-state index in [1.807, 2.05) is 20.8 Å². The highest BCUT2D eigenvalue weighted by molar-refractivity contribution is 6.01. The van der Waals surface area contributed by atoms with Crippen molar-refractivity contribution in [3.63, 3.8) is 0 Å². The number of carbonyl (C=O) groups is 3. The molecule has 1 amide bonds. The molecule has 8 nitrogen and oxygen atoms in total. The number of anilines is 1. The summed E-state index contributed by atoms with van der Waals surface area (Å²) >= 11 is 0. The van der Waals surface area contributed by atoms with Gasteiger partial charge < -0.3 is 19.3 Å². The summed E-state index contributed by atoms with van der Waals surface area (Å²) in [5.74, 6) is 0.487. The summed E-state index contributed by atoms with van der Waals surface area (Å²) in [5.41, 5.74) is 3.46. The Morgan fingerprint density at radius 1 is 1.03 bits per heavy atom. The smallest absolute Gasteiger partial charge is 0.310 e. The van der Waals surface area contributed by atoms with E-state index in [-0.39, 0.29) is 18.1 Å². The van der Waals surface area contributed by atoms with Crippen molar-refractivity contribution < 1.29 is 28.4 Å². The second-order valence-electron chi connectivity index (χ2n) is 8.28. The van der Waals surface area contributed by atoms with Gasteiger partial charge in [-0.3, -0.25) is 14.4 Å². The van der Waals surface area contributed by atoms with Crippen LogP contribution in [0.3, 0.4) is 0 Å². The predicted molar refractivity (Wildman–Crippen MR) is 130 cm³/mol. The molecule has 0 fully saturated rings. The van der Waals surface area contributed by atoms with Crippen molar-refractivity contribution in [2.75, 3.05) is 5.32 Å². The lowest BCUT2D eigenvalue weighted by molar-refractivity contribution is -0.145. The number of carbonyl (C=O) groups excluding carboxylic acids is 3. The van der Waals surface area contributed by atoms with Gasteiger partial charge in [0.25, 0.3) is 0 Å². The van der Waals surface area contributed by atoms with Gasteiger partial charge in [-0.15, -0.1) is 0 Å². The highest BCUT2D eigenvalue weighted by Gasteiger charge is 2.20. The number of aryl methyl sites for hydroxylation is 2. The third-order valence-corrected chi connectivity index (χ3v) is 5.44. The van der Waals surface area contributed by atoms with Gasteiger partial charge in [-0.1, -0.05) is 24.2 Å². The highest BCUT2D eigenvalue weighted by atomic mass is 16.5. The van der Waals surface area contributed by atoms with Crippen molar-refractivity contribution in [2.45, 2.75) is 59.7 Å². The minimum Gasteiger partial charge on any atom is -0.489 e. The number of amides is 1. The normalized spacial score (nSPS) is 11.5. The molecule has 0 aliphatic rings. The molecule has 0 aliphatic heterocycles. The lowest BCUT2D eigenvalue weighted by atomic mass is 10.1. The van der Waals surface area contributed by atoms with Gasteiger partial charge in [-0.05, 0) is 69.2 Å². The number of Topliss-reactive ketones (excluding diaryl/α,β-unsaturated/α-hetero) is 1. The lowest BCUT2D eigenvalue weighted by Gasteiger charge is -2.13. The molecule has 3 aromatic rings. The van der Waals surface area contributed by atoms with E-state index in [1.54, 1.807) is 55.5 Å². The molecule has 2 aromatic carbocycles. The van der Waals surface area contributed by atoms with Crippen molar-refractivity contribution in [3.8, 4) is 5.75 Å². The van der Waals surface area contributed by atoms with Gasteiger partial charge in [0.1, 0.15) is 18.1 Å². The van der Waals surface area contributed by atoms with Gasteiger partial charge in [-0.25, -0.2) is 0 Å². The van der Waals surface area contributed by atoms with E-state index in [1.165, 1.54) is 0 Å². The van der Waals surface area contributed by atoms with E-state index in [2.05, 4.69) is 10.5 Å². The Kier molecular flexibility index (Phi) is 8.78. The number of aromatic nitrogens is 1. The molecule has 1 atom stereocenters. The first-order valence-corrected chi connectivity index (χ1v) is 11.5. The topological polar surface area (TPSA) is 108 Å². The maximum atomic E-state index is 12.6. The van der Waals surface area contributed by atoms with Crippen LogP contribution in [0.5, 0.6) is 5.75 Å². The van der Waals surface area contributed by atoms with Crippen LogP contribution in [-0.2, 0) is 27.4 Å². The molecular formula is C27H30N2O6. The first-order valence-electron chi connectivity index (χ1n) is 11.5. The van der Waals surface area contributed by atoms with Crippen LogP contribution in [0.25, 0.3) is 0 Å². The molecule has 8 heteroatoms. The Morgan fingerprint density at radius 3 is 2.31 bits per heavy atom. The van der Waals surface area contributed by atoms with E-state index in [9.17, 15) is 14.4 Å². The molecule has 1 heterocycles. The maximum absolute atomic E-state index is 12.6. The molecule has 0 bridgehead atoms. The number of benzene rings is 2. The fraction of sp³-hybridized carbons (Fsp3) is 0.333.